The van der Waals surface area contributed by atoms with Gasteiger partial charge in [0.15, 0.2) is 0 Å². The summed E-state index contributed by atoms with van der Waals surface area (Å²) in [5.74, 6) is 0. The van der Waals surface area contributed by atoms with Gasteiger partial charge in [-0.3, -0.25) is 0 Å². The molecule has 0 amide bonds. The van der Waals surface area contributed by atoms with E-state index in [2.05, 4.69) is 54.7 Å². The molecule has 1 aliphatic rings. The van der Waals surface area contributed by atoms with Gasteiger partial charge in [-0.05, 0) is 42.4 Å². The fraction of sp³-hybridized carbons (Fsp3) is 0.444. The smallest absolute Gasteiger partial charge is 0.0346 e. The largest absolute Gasteiger partial charge is 0.311 e. The van der Waals surface area contributed by atoms with Gasteiger partial charge in [0, 0.05) is 22.8 Å². The molecule has 0 saturated heterocycles. The maximum absolute atomic E-state index is 3.67. The molecular weight excluding hydrogens is 262 g/mol. The van der Waals surface area contributed by atoms with Crippen molar-refractivity contribution in [2.75, 3.05) is 6.54 Å². The van der Waals surface area contributed by atoms with E-state index in [1.54, 1.807) is 0 Å². The molecule has 2 heteroatoms. The predicted molar refractivity (Wildman–Crippen MR) is 88.0 cm³/mol. The molecule has 1 saturated carbocycles. The lowest BCUT2D eigenvalue weighted by Gasteiger charge is -2.41. The first-order chi connectivity index (χ1) is 9.81. The van der Waals surface area contributed by atoms with Crippen LogP contribution in [0.2, 0.25) is 0 Å². The zero-order chi connectivity index (χ0) is 13.8. The van der Waals surface area contributed by atoms with Gasteiger partial charge in [-0.1, -0.05) is 43.7 Å². The zero-order valence-electron chi connectivity index (χ0n) is 12.2. The second-order valence-electron chi connectivity index (χ2n) is 5.94. The molecule has 0 spiro atoms. The van der Waals surface area contributed by atoms with Gasteiger partial charge in [-0.2, -0.15) is 0 Å². The Morgan fingerprint density at radius 3 is 2.55 bits per heavy atom. The van der Waals surface area contributed by atoms with E-state index >= 15 is 0 Å². The number of hydrogen-bond donors (Lipinski definition) is 1. The molecule has 106 valence electrons. The maximum atomic E-state index is 3.67. The Morgan fingerprint density at radius 2 is 1.90 bits per heavy atom. The van der Waals surface area contributed by atoms with Crippen molar-refractivity contribution in [3.8, 4) is 10.4 Å². The molecule has 1 aromatic heterocycles. The van der Waals surface area contributed by atoms with E-state index in [0.29, 0.717) is 5.41 Å². The van der Waals surface area contributed by atoms with Crippen LogP contribution < -0.4 is 5.32 Å². The van der Waals surface area contributed by atoms with E-state index in [9.17, 15) is 0 Å². The Morgan fingerprint density at radius 1 is 1.10 bits per heavy atom. The average Bonchev–Trinajstić information content (AvgIpc) is 2.92. The first kappa shape index (κ1) is 13.8. The number of benzene rings is 1. The normalized spacial score (nSPS) is 16.9. The van der Waals surface area contributed by atoms with Crippen LogP contribution >= 0.6 is 11.3 Å². The lowest BCUT2D eigenvalue weighted by atomic mass is 9.67. The fourth-order valence-corrected chi connectivity index (χ4v) is 4.00. The summed E-state index contributed by atoms with van der Waals surface area (Å²) in [6.07, 6.45) is 5.57. The fourth-order valence-electron chi connectivity index (χ4n) is 3.01. The summed E-state index contributed by atoms with van der Waals surface area (Å²) in [5, 5.41) is 3.67. The zero-order valence-corrected chi connectivity index (χ0v) is 13.0. The van der Waals surface area contributed by atoms with Crippen LogP contribution in [0.15, 0.2) is 42.5 Å². The molecule has 0 radical (unpaired) electrons. The van der Waals surface area contributed by atoms with Crippen molar-refractivity contribution in [3.63, 3.8) is 0 Å². The van der Waals surface area contributed by atoms with E-state index in [4.69, 9.17) is 0 Å². The molecule has 0 atom stereocenters. The lowest BCUT2D eigenvalue weighted by Crippen LogP contribution is -2.39. The molecule has 3 rings (SSSR count). The van der Waals surface area contributed by atoms with E-state index in [0.717, 1.165) is 6.54 Å². The van der Waals surface area contributed by atoms with Gasteiger partial charge in [0.2, 0.25) is 0 Å². The Balaban J connectivity index is 1.55. The molecule has 1 N–H and O–H groups in total. The Bertz CT molecular complexity index is 534. The number of hydrogen-bond acceptors (Lipinski definition) is 2. The molecule has 0 bridgehead atoms. The molecule has 1 aliphatic carbocycles. The first-order valence-corrected chi connectivity index (χ1v) is 8.48. The summed E-state index contributed by atoms with van der Waals surface area (Å²) >= 11 is 1.91. The monoisotopic (exact) mass is 285 g/mol. The van der Waals surface area contributed by atoms with Gasteiger partial charge in [-0.15, -0.1) is 11.3 Å². The van der Waals surface area contributed by atoms with Gasteiger partial charge < -0.3 is 5.32 Å². The average molecular weight is 285 g/mol. The Kier molecular flexibility index (Phi) is 4.23. The number of rotatable bonds is 6. The lowest BCUT2D eigenvalue weighted by molar-refractivity contribution is 0.124. The van der Waals surface area contributed by atoms with E-state index in [-0.39, 0.29) is 0 Å². The van der Waals surface area contributed by atoms with Crippen molar-refractivity contribution >= 4 is 11.3 Å². The molecular formula is C18H23NS. The van der Waals surface area contributed by atoms with Crippen molar-refractivity contribution in [1.29, 1.82) is 0 Å². The van der Waals surface area contributed by atoms with Crippen LogP contribution in [0.5, 0.6) is 0 Å². The van der Waals surface area contributed by atoms with Crippen LogP contribution in [0.4, 0.5) is 0 Å². The van der Waals surface area contributed by atoms with Crippen molar-refractivity contribution in [3.05, 3.63) is 47.3 Å². The molecule has 0 unspecified atom stereocenters. The maximum Gasteiger partial charge on any atom is 0.0346 e. The second kappa shape index (κ2) is 6.11. The number of thiophene rings is 1. The minimum atomic E-state index is 0.611. The van der Waals surface area contributed by atoms with Gasteiger partial charge in [-0.25, -0.2) is 0 Å². The summed E-state index contributed by atoms with van der Waals surface area (Å²) in [4.78, 5) is 2.81. The van der Waals surface area contributed by atoms with Gasteiger partial charge in [0.25, 0.3) is 0 Å². The minimum absolute atomic E-state index is 0.611. The first-order valence-electron chi connectivity index (χ1n) is 7.66. The third kappa shape index (κ3) is 2.97. The van der Waals surface area contributed by atoms with Crippen LogP contribution in [0.25, 0.3) is 10.4 Å². The second-order valence-corrected chi connectivity index (χ2v) is 7.11. The summed E-state index contributed by atoms with van der Waals surface area (Å²) in [5.41, 5.74) is 1.94. The standard InChI is InChI=1S/C18H23NS/c1-2-18(11-6-12-18)14-19-13-16-9-10-17(20-16)15-7-4-3-5-8-15/h3-5,7-10,19H,2,6,11-14H2,1H3. The highest BCUT2D eigenvalue weighted by Crippen LogP contribution is 2.43. The Hall–Kier alpha value is -1.12. The SMILES string of the molecule is CCC1(CNCc2ccc(-c3ccccc3)s2)CCC1. The minimum Gasteiger partial charge on any atom is -0.311 e. The van der Waals surface area contributed by atoms with E-state index < -0.39 is 0 Å². The molecule has 20 heavy (non-hydrogen) atoms. The van der Waals surface area contributed by atoms with Crippen LogP contribution in [-0.2, 0) is 6.54 Å². The van der Waals surface area contributed by atoms with Crippen LogP contribution in [-0.4, -0.2) is 6.54 Å². The molecule has 1 nitrogen and oxygen atoms in total. The van der Waals surface area contributed by atoms with Gasteiger partial charge in [0.05, 0.1) is 0 Å². The highest BCUT2D eigenvalue weighted by atomic mass is 32.1. The third-order valence-electron chi connectivity index (χ3n) is 4.68. The predicted octanol–water partition coefficient (Wildman–Crippen LogP) is 5.09. The van der Waals surface area contributed by atoms with E-state index in [1.165, 1.54) is 47.5 Å². The third-order valence-corrected chi connectivity index (χ3v) is 5.82. The summed E-state index contributed by atoms with van der Waals surface area (Å²) in [6.45, 7) is 4.53. The van der Waals surface area contributed by atoms with E-state index in [1.807, 2.05) is 11.3 Å². The molecule has 1 aromatic carbocycles. The summed E-state index contributed by atoms with van der Waals surface area (Å²) in [7, 11) is 0. The van der Waals surface area contributed by atoms with Crippen LogP contribution in [0.3, 0.4) is 0 Å². The van der Waals surface area contributed by atoms with Crippen molar-refractivity contribution < 1.29 is 0 Å². The highest BCUT2D eigenvalue weighted by molar-refractivity contribution is 7.15. The number of nitrogens with one attached hydrogen (secondary N) is 1. The quantitative estimate of drug-likeness (QED) is 0.780. The topological polar surface area (TPSA) is 12.0 Å². The molecule has 0 aliphatic heterocycles. The Labute approximate surface area is 126 Å². The molecule has 1 heterocycles. The summed E-state index contributed by atoms with van der Waals surface area (Å²) in [6, 6.07) is 15.2. The van der Waals surface area contributed by atoms with Crippen molar-refractivity contribution in [2.45, 2.75) is 39.2 Å². The molecule has 2 aromatic rings. The summed E-state index contributed by atoms with van der Waals surface area (Å²) < 4.78 is 0. The van der Waals surface area contributed by atoms with Gasteiger partial charge in [0.1, 0.15) is 0 Å². The molecule has 1 fully saturated rings. The van der Waals surface area contributed by atoms with Crippen molar-refractivity contribution in [2.24, 2.45) is 5.41 Å². The highest BCUT2D eigenvalue weighted by Gasteiger charge is 2.34. The van der Waals surface area contributed by atoms with Crippen molar-refractivity contribution in [1.82, 2.24) is 5.32 Å². The van der Waals surface area contributed by atoms with Crippen LogP contribution in [0, 0.1) is 5.41 Å². The van der Waals surface area contributed by atoms with Crippen LogP contribution in [0.1, 0.15) is 37.5 Å². The van der Waals surface area contributed by atoms with Gasteiger partial charge >= 0.3 is 0 Å².